The average Bonchev–Trinajstić information content (AvgIpc) is 2.39. The number of aliphatic carboxylic acids is 4. The van der Waals surface area contributed by atoms with Gasteiger partial charge in [0.15, 0.2) is 6.10 Å². The first-order valence-corrected chi connectivity index (χ1v) is 29.5. The zero-order valence-electron chi connectivity index (χ0n) is 51.8. The van der Waals surface area contributed by atoms with Crippen molar-refractivity contribution in [1.82, 2.24) is 58.1 Å². The average molecular weight is 1260 g/mol. The van der Waals surface area contributed by atoms with E-state index in [1.807, 2.05) is 29.0 Å². The minimum absolute atomic E-state index is 0.0276. The number of nitrogens with one attached hydrogen (secondary N) is 10. The number of unbranched alkanes of at least 4 members (excludes halogenated alkanes) is 1. The summed E-state index contributed by atoms with van der Waals surface area (Å²) in [5.74, 6) is -25.6. The summed E-state index contributed by atoms with van der Waals surface area (Å²) in [4.78, 5) is 205. The molecule has 0 aromatic heterocycles. The Morgan fingerprint density at radius 2 is 1.25 bits per heavy atom. The van der Waals surface area contributed by atoms with Crippen LogP contribution in [0.4, 0.5) is 0 Å². The largest absolute Gasteiger partial charge is 0.481 e. The molecule has 32 heteroatoms. The molecule has 0 aromatic carbocycles. The molecule has 2 aliphatic rings. The van der Waals surface area contributed by atoms with E-state index in [0.29, 0.717) is 12.3 Å². The van der Waals surface area contributed by atoms with Crippen molar-refractivity contribution in [3.8, 4) is 0 Å². The second-order valence-corrected chi connectivity index (χ2v) is 23.2. The third-order valence-electron chi connectivity index (χ3n) is 15.2. The fourth-order valence-electron chi connectivity index (χ4n) is 9.41. The molecule has 15 atom stereocenters. The van der Waals surface area contributed by atoms with Gasteiger partial charge in [0.1, 0.15) is 54.4 Å². The molecule has 17 N–H and O–H groups in total. The molecular weight excluding hydrogens is 1170 g/mol. The minimum Gasteiger partial charge on any atom is -0.481 e. The van der Waals surface area contributed by atoms with Crippen molar-refractivity contribution in [3.05, 3.63) is 24.3 Å². The highest BCUT2D eigenvalue weighted by molar-refractivity contribution is 6.02. The van der Waals surface area contributed by atoms with Gasteiger partial charge >= 0.3 is 23.9 Å². The van der Waals surface area contributed by atoms with Crippen LogP contribution in [0, 0.1) is 35.5 Å². The molecule has 0 bridgehead atoms. The Labute approximate surface area is 515 Å². The standard InChI is InChI=1S/C57H90N12O20/c1-11-28(6)18-14-12-13-15-20-36(70)63-41(30(8)55(84)85)51(80)67-43-32(10)60-48(77)35-22-29(7)25-69(35)54(83)40(27(4)5)66-50(79)42(31(9)56(86)87)64-37(71)24-59-46(75)34(23-38(72)73)62-53(82)44(45(74)57(88)89)68-47(76)33(19-16-17-21-58)61-49(78)39(26(2)3)65-52(43)81/h12-13,15,20,26-35,39-45,74H,11,14,16-19,21-25,58H2,1-10H3,(H,59,75)(H,60,77)(H,61,78)(H,62,82)(H,63,70)(H,64,71)(H,65,81)(H,66,79)(H,67,80)(H,68,76)(H,72,73)(H,84,85)(H,86,87)(H,88,89)/b13-12-,20-15+/t28?,29?,30-,31+,32-,33-,34-,35-,39+,40-,41-,42+,43-,44-,45+/m0/s1. The predicted molar refractivity (Wildman–Crippen MR) is 314 cm³/mol. The van der Waals surface area contributed by atoms with Crippen molar-refractivity contribution in [1.29, 1.82) is 0 Å². The summed E-state index contributed by atoms with van der Waals surface area (Å²) in [5.41, 5.74) is 5.69. The number of hydrogen-bond acceptors (Lipinski definition) is 17. The highest BCUT2D eigenvalue weighted by Crippen LogP contribution is 2.26. The zero-order valence-corrected chi connectivity index (χ0v) is 51.8. The number of carbonyl (C=O) groups excluding carboxylic acids is 11. The van der Waals surface area contributed by atoms with Crippen LogP contribution in [0.5, 0.6) is 0 Å². The van der Waals surface area contributed by atoms with Gasteiger partial charge in [-0.05, 0) is 89.5 Å². The number of carboxylic acids is 4. The first kappa shape index (κ1) is 76.5. The van der Waals surface area contributed by atoms with Crippen LogP contribution < -0.4 is 58.9 Å². The lowest BCUT2D eigenvalue weighted by atomic mass is 9.97. The number of nitrogens with two attached hydrogens (primary N) is 1. The van der Waals surface area contributed by atoms with Gasteiger partial charge in [-0.3, -0.25) is 67.1 Å². The maximum absolute atomic E-state index is 14.8. The molecule has 32 nitrogen and oxygen atoms in total. The Hall–Kier alpha value is -8.55. The Kier molecular flexibility index (Phi) is 31.6. The molecular formula is C57H90N12O20. The van der Waals surface area contributed by atoms with E-state index in [4.69, 9.17) is 5.73 Å². The van der Waals surface area contributed by atoms with Gasteiger partial charge in [0.2, 0.25) is 65.0 Å². The summed E-state index contributed by atoms with van der Waals surface area (Å²) in [6.45, 7) is 13.9. The van der Waals surface area contributed by atoms with Crippen molar-refractivity contribution < 1.29 is 97.5 Å². The SMILES string of the molecule is CCC(C)CC/C=C\C=C\C(=O)N[C@H](C(=O)N[C@@H]1C(=O)N[C@H](C(C)C)C(=O)N[C@@H](CCCCN)C(=O)N[C@@H]([C@@H](O)C(=O)O)C(=O)N[C@@H](CC(=O)O)C(=O)NCC(=O)N[C@H]([C@@H](C)C(=O)O)C(=O)N[C@@H](C(C)C)C(=O)N2CC(C)C[C@H]2C(=O)N[C@H]1C)[C@H](C)C(=O)O. The van der Waals surface area contributed by atoms with E-state index in [0.717, 1.165) is 37.7 Å². The fourth-order valence-corrected chi connectivity index (χ4v) is 9.41. The molecule has 89 heavy (non-hydrogen) atoms. The van der Waals surface area contributed by atoms with Crippen LogP contribution in [0.3, 0.4) is 0 Å². The Morgan fingerprint density at radius 1 is 0.663 bits per heavy atom. The van der Waals surface area contributed by atoms with Gasteiger partial charge in [0, 0.05) is 12.6 Å². The van der Waals surface area contributed by atoms with Gasteiger partial charge < -0.3 is 89.3 Å². The molecule has 498 valence electrons. The van der Waals surface area contributed by atoms with Crippen molar-refractivity contribution in [2.45, 2.75) is 187 Å². The van der Waals surface area contributed by atoms with E-state index >= 15 is 0 Å². The number of hydrogen-bond donors (Lipinski definition) is 16. The van der Waals surface area contributed by atoms with E-state index < -0.39 is 198 Å². The predicted octanol–water partition coefficient (Wildman–Crippen LogP) is -3.52. The lowest BCUT2D eigenvalue weighted by molar-refractivity contribution is -0.153. The van der Waals surface area contributed by atoms with Crippen molar-refractivity contribution >= 4 is 88.9 Å². The van der Waals surface area contributed by atoms with Gasteiger partial charge in [-0.2, -0.15) is 0 Å². The number of carbonyl (C=O) groups is 15. The molecule has 0 aliphatic carbocycles. The number of rotatable bonds is 23. The number of nitrogens with zero attached hydrogens (tertiary/aromatic N) is 1. The lowest BCUT2D eigenvalue weighted by Crippen LogP contribution is -2.65. The number of fused-ring (bicyclic) bond motifs is 1. The summed E-state index contributed by atoms with van der Waals surface area (Å²) in [6, 6.07) is -18.6. The van der Waals surface area contributed by atoms with E-state index in [9.17, 15) is 97.5 Å². The van der Waals surface area contributed by atoms with Crippen LogP contribution in [0.25, 0.3) is 0 Å². The van der Waals surface area contributed by atoms with Gasteiger partial charge in [0.25, 0.3) is 0 Å². The highest BCUT2D eigenvalue weighted by atomic mass is 16.4. The summed E-state index contributed by atoms with van der Waals surface area (Å²) in [5, 5.41) is 73.2. The van der Waals surface area contributed by atoms with Crippen LogP contribution in [0.1, 0.15) is 121 Å². The lowest BCUT2D eigenvalue weighted by Gasteiger charge is -2.34. The number of aliphatic hydroxyl groups is 1. The van der Waals surface area contributed by atoms with Gasteiger partial charge in [-0.25, -0.2) is 4.79 Å². The summed E-state index contributed by atoms with van der Waals surface area (Å²) in [7, 11) is 0. The van der Waals surface area contributed by atoms with Crippen LogP contribution >= 0.6 is 0 Å². The molecule has 0 saturated carbocycles. The fraction of sp³-hybridized carbons (Fsp3) is 0.667. The Balaban J connectivity index is 2.96. The molecule has 0 spiro atoms. The van der Waals surface area contributed by atoms with Gasteiger partial charge in [-0.1, -0.05) is 73.1 Å². The second-order valence-electron chi connectivity index (χ2n) is 23.2. The third-order valence-corrected chi connectivity index (χ3v) is 15.2. The molecule has 2 unspecified atom stereocenters. The summed E-state index contributed by atoms with van der Waals surface area (Å²) < 4.78 is 0. The van der Waals surface area contributed by atoms with Crippen LogP contribution in [-0.2, 0) is 71.9 Å². The van der Waals surface area contributed by atoms with E-state index in [2.05, 4.69) is 44.1 Å². The molecule has 2 fully saturated rings. The maximum atomic E-state index is 14.8. The first-order chi connectivity index (χ1) is 41.6. The van der Waals surface area contributed by atoms with E-state index in [1.165, 1.54) is 40.7 Å². The monoisotopic (exact) mass is 1260 g/mol. The minimum atomic E-state index is -2.84. The Bertz CT molecular complexity index is 2650. The quantitative estimate of drug-likeness (QED) is 0.0268. The van der Waals surface area contributed by atoms with E-state index in [1.54, 1.807) is 13.0 Å². The second kappa shape index (κ2) is 36.7. The third kappa shape index (κ3) is 24.2. The summed E-state index contributed by atoms with van der Waals surface area (Å²) >= 11 is 0. The number of carboxylic acid groups (broad SMARTS) is 4. The molecule has 2 heterocycles. The molecule has 2 rings (SSSR count). The Morgan fingerprint density at radius 3 is 1.81 bits per heavy atom. The van der Waals surface area contributed by atoms with E-state index in [-0.39, 0.29) is 38.8 Å². The molecule has 2 aliphatic heterocycles. The molecule has 11 amide bonds. The number of aliphatic hydroxyl groups excluding tert-OH is 1. The van der Waals surface area contributed by atoms with Crippen molar-refractivity contribution in [2.24, 2.45) is 41.2 Å². The normalized spacial score (nSPS) is 26.1. The zero-order chi connectivity index (χ0) is 67.7. The summed E-state index contributed by atoms with van der Waals surface area (Å²) in [6.07, 6.45) is 4.14. The number of allylic oxidation sites excluding steroid dienone is 3. The highest BCUT2D eigenvalue weighted by Gasteiger charge is 2.45. The first-order valence-electron chi connectivity index (χ1n) is 29.5. The van der Waals surface area contributed by atoms with Crippen molar-refractivity contribution in [3.63, 3.8) is 0 Å². The molecule has 2 saturated heterocycles. The van der Waals surface area contributed by atoms with Crippen LogP contribution in [-0.4, -0.2) is 205 Å². The van der Waals surface area contributed by atoms with Crippen molar-refractivity contribution in [2.75, 3.05) is 19.6 Å². The smallest absolute Gasteiger partial charge is 0.335 e. The molecule has 0 radical (unpaired) electrons. The molecule has 0 aromatic rings. The van der Waals surface area contributed by atoms with Gasteiger partial charge in [-0.15, -0.1) is 0 Å². The van der Waals surface area contributed by atoms with Gasteiger partial charge in [0.05, 0.1) is 30.8 Å². The van der Waals surface area contributed by atoms with Crippen LogP contribution in [0.15, 0.2) is 24.3 Å². The topological polar surface area (TPSA) is 507 Å². The number of amides is 11. The maximum Gasteiger partial charge on any atom is 0.335 e. The van der Waals surface area contributed by atoms with Crippen LogP contribution in [0.2, 0.25) is 0 Å².